The van der Waals surface area contributed by atoms with Crippen LogP contribution in [0.4, 0.5) is 5.82 Å². The molecule has 6 rings (SSSR count). The van der Waals surface area contributed by atoms with Crippen LogP contribution in [0, 0.1) is 5.92 Å². The van der Waals surface area contributed by atoms with Crippen LogP contribution < -0.4 is 5.73 Å². The third kappa shape index (κ3) is 3.77. The lowest BCUT2D eigenvalue weighted by molar-refractivity contribution is -0.142. The Kier molecular flexibility index (Phi) is 5.13. The number of carboxylic acids is 1. The van der Waals surface area contributed by atoms with Crippen molar-refractivity contribution in [3.8, 4) is 22.6 Å². The number of hydrogen-bond donors (Lipinski definition) is 2. The summed E-state index contributed by atoms with van der Waals surface area (Å²) in [4.78, 5) is 30.1. The van der Waals surface area contributed by atoms with E-state index in [1.165, 1.54) is 0 Å². The van der Waals surface area contributed by atoms with Crippen LogP contribution in [0.15, 0.2) is 67.1 Å². The first-order chi connectivity index (χ1) is 17.1. The highest BCUT2D eigenvalue weighted by molar-refractivity contribution is 5.90. The van der Waals surface area contributed by atoms with Crippen molar-refractivity contribution in [1.29, 1.82) is 0 Å². The Balaban J connectivity index is 1.44. The number of nitrogens with two attached hydrogens (primary N) is 1. The monoisotopic (exact) mass is 464 g/mol. The zero-order valence-electron chi connectivity index (χ0n) is 19.0. The molecule has 2 aromatic carbocycles. The number of anilines is 1. The Bertz CT molecular complexity index is 1550. The summed E-state index contributed by atoms with van der Waals surface area (Å²) in [6.07, 6.45) is 8.27. The Morgan fingerprint density at radius 2 is 1.77 bits per heavy atom. The number of benzene rings is 2. The predicted octanol–water partition coefficient (Wildman–Crippen LogP) is 4.95. The number of carboxylic acid groups (broad SMARTS) is 1. The highest BCUT2D eigenvalue weighted by Gasteiger charge is 2.30. The predicted molar refractivity (Wildman–Crippen MR) is 134 cm³/mol. The molecule has 1 aliphatic carbocycles. The molecule has 0 radical (unpaired) electrons. The largest absolute Gasteiger partial charge is 0.481 e. The van der Waals surface area contributed by atoms with Crippen molar-refractivity contribution in [2.24, 2.45) is 5.92 Å². The van der Waals surface area contributed by atoms with Gasteiger partial charge in [0.05, 0.1) is 11.4 Å². The van der Waals surface area contributed by atoms with E-state index in [0.29, 0.717) is 24.5 Å². The number of hydrogen-bond acceptors (Lipinski definition) is 6. The zero-order valence-corrected chi connectivity index (χ0v) is 19.0. The summed E-state index contributed by atoms with van der Waals surface area (Å²) < 4.78 is 2.02. The van der Waals surface area contributed by atoms with Gasteiger partial charge in [-0.05, 0) is 31.7 Å². The van der Waals surface area contributed by atoms with Gasteiger partial charge in [0.2, 0.25) is 0 Å². The van der Waals surface area contributed by atoms with Gasteiger partial charge in [0, 0.05) is 41.0 Å². The number of rotatable bonds is 4. The molecule has 3 aromatic heterocycles. The van der Waals surface area contributed by atoms with E-state index in [1.54, 1.807) is 6.20 Å². The lowest BCUT2D eigenvalue weighted by Crippen LogP contribution is -2.21. The van der Waals surface area contributed by atoms with Crippen LogP contribution in [-0.4, -0.2) is 35.4 Å². The average molecular weight is 465 g/mol. The first kappa shape index (κ1) is 21.2. The molecule has 8 nitrogen and oxygen atoms in total. The molecule has 0 unspecified atom stereocenters. The number of aromatic nitrogens is 5. The normalized spacial score (nSPS) is 18.2. The van der Waals surface area contributed by atoms with Gasteiger partial charge in [-0.1, -0.05) is 42.5 Å². The zero-order chi connectivity index (χ0) is 23.9. The van der Waals surface area contributed by atoms with Gasteiger partial charge in [0.15, 0.2) is 5.82 Å². The maximum absolute atomic E-state index is 11.4. The van der Waals surface area contributed by atoms with Gasteiger partial charge in [-0.15, -0.1) is 0 Å². The standard InChI is InChI=1S/C27H24N6O2/c28-24-23-22(32-26(33(23)13-12-29-24)17-6-8-18(9-7-17)27(34)35)19-10-11-20-15-30-25(31-21(20)14-19)16-4-2-1-3-5-16/h1-5,10-15,17-18H,6-9H2,(H2,28,29)(H,34,35). The molecule has 0 aliphatic heterocycles. The van der Waals surface area contributed by atoms with Crippen LogP contribution in [0.25, 0.3) is 39.1 Å². The third-order valence-electron chi connectivity index (χ3n) is 6.94. The van der Waals surface area contributed by atoms with E-state index < -0.39 is 5.97 Å². The number of nitrogens with zero attached hydrogens (tertiary/aromatic N) is 5. The van der Waals surface area contributed by atoms with Gasteiger partial charge >= 0.3 is 5.97 Å². The maximum atomic E-state index is 11.4. The summed E-state index contributed by atoms with van der Waals surface area (Å²) in [6.45, 7) is 0. The summed E-state index contributed by atoms with van der Waals surface area (Å²) in [5.74, 6) is 1.17. The molecular weight excluding hydrogens is 440 g/mol. The van der Waals surface area contributed by atoms with E-state index in [4.69, 9.17) is 15.7 Å². The molecule has 1 fully saturated rings. The first-order valence-corrected chi connectivity index (χ1v) is 11.8. The number of nitrogen functional groups attached to an aromatic ring is 1. The van der Waals surface area contributed by atoms with E-state index in [-0.39, 0.29) is 11.8 Å². The van der Waals surface area contributed by atoms with Crippen LogP contribution in [0.2, 0.25) is 0 Å². The van der Waals surface area contributed by atoms with Crippen LogP contribution in [0.3, 0.4) is 0 Å². The summed E-state index contributed by atoms with van der Waals surface area (Å²) in [7, 11) is 0. The van der Waals surface area contributed by atoms with E-state index >= 15 is 0 Å². The second kappa shape index (κ2) is 8.47. The molecule has 35 heavy (non-hydrogen) atoms. The Morgan fingerprint density at radius 1 is 0.971 bits per heavy atom. The quantitative estimate of drug-likeness (QED) is 0.386. The molecule has 174 valence electrons. The molecule has 3 N–H and O–H groups in total. The molecule has 0 amide bonds. The minimum absolute atomic E-state index is 0.168. The summed E-state index contributed by atoms with van der Waals surface area (Å²) in [6, 6.07) is 15.9. The maximum Gasteiger partial charge on any atom is 0.306 e. The van der Waals surface area contributed by atoms with E-state index in [9.17, 15) is 9.90 Å². The van der Waals surface area contributed by atoms with Crippen LogP contribution >= 0.6 is 0 Å². The van der Waals surface area contributed by atoms with Crippen LogP contribution in [0.1, 0.15) is 37.4 Å². The summed E-state index contributed by atoms with van der Waals surface area (Å²) >= 11 is 0. The van der Waals surface area contributed by atoms with Gasteiger partial charge in [0.1, 0.15) is 22.9 Å². The number of fused-ring (bicyclic) bond motifs is 2. The van der Waals surface area contributed by atoms with Crippen molar-refractivity contribution in [3.05, 3.63) is 72.9 Å². The SMILES string of the molecule is Nc1nccn2c(C3CCC(C(=O)O)CC3)nc(-c3ccc4cnc(-c5ccccc5)nc4c3)c12. The highest BCUT2D eigenvalue weighted by Crippen LogP contribution is 2.39. The molecule has 8 heteroatoms. The van der Waals surface area contributed by atoms with E-state index in [1.807, 2.05) is 65.3 Å². The van der Waals surface area contributed by atoms with Crippen molar-refractivity contribution in [3.63, 3.8) is 0 Å². The van der Waals surface area contributed by atoms with Crippen LogP contribution in [-0.2, 0) is 4.79 Å². The molecule has 5 aromatic rings. The molecular formula is C27H24N6O2. The van der Waals surface area contributed by atoms with Crippen LogP contribution in [0.5, 0.6) is 0 Å². The van der Waals surface area contributed by atoms with Crippen molar-refractivity contribution in [2.45, 2.75) is 31.6 Å². The van der Waals surface area contributed by atoms with Crippen molar-refractivity contribution >= 4 is 28.2 Å². The van der Waals surface area contributed by atoms with E-state index in [0.717, 1.165) is 51.9 Å². The molecule has 0 spiro atoms. The number of imidazole rings is 1. The second-order valence-corrected chi connectivity index (χ2v) is 9.07. The van der Waals surface area contributed by atoms with Crippen molar-refractivity contribution in [2.75, 3.05) is 5.73 Å². The lowest BCUT2D eigenvalue weighted by atomic mass is 9.81. The fraction of sp³-hybridized carbons (Fsp3) is 0.222. The third-order valence-corrected chi connectivity index (χ3v) is 6.94. The van der Waals surface area contributed by atoms with Gasteiger partial charge in [-0.25, -0.2) is 19.9 Å². The fourth-order valence-corrected chi connectivity index (χ4v) is 5.07. The van der Waals surface area contributed by atoms with Gasteiger partial charge in [-0.2, -0.15) is 0 Å². The highest BCUT2D eigenvalue weighted by atomic mass is 16.4. The molecule has 1 saturated carbocycles. The minimum Gasteiger partial charge on any atom is -0.481 e. The Hall–Kier alpha value is -4.33. The van der Waals surface area contributed by atoms with Gasteiger partial charge in [0.25, 0.3) is 0 Å². The lowest BCUT2D eigenvalue weighted by Gasteiger charge is -2.25. The first-order valence-electron chi connectivity index (χ1n) is 11.8. The minimum atomic E-state index is -0.710. The smallest absolute Gasteiger partial charge is 0.306 e. The fourth-order valence-electron chi connectivity index (χ4n) is 5.07. The van der Waals surface area contributed by atoms with Gasteiger partial charge < -0.3 is 10.8 Å². The Morgan fingerprint density at radius 3 is 2.54 bits per heavy atom. The second-order valence-electron chi connectivity index (χ2n) is 9.07. The molecule has 0 atom stereocenters. The summed E-state index contributed by atoms with van der Waals surface area (Å²) in [5.41, 5.74) is 10.5. The number of aliphatic carboxylic acids is 1. The summed E-state index contributed by atoms with van der Waals surface area (Å²) in [5, 5.41) is 10.3. The topological polar surface area (TPSA) is 119 Å². The van der Waals surface area contributed by atoms with Gasteiger partial charge in [-0.3, -0.25) is 9.20 Å². The molecule has 0 saturated heterocycles. The molecule has 1 aliphatic rings. The van der Waals surface area contributed by atoms with E-state index in [2.05, 4.69) is 9.97 Å². The molecule has 0 bridgehead atoms. The Labute approximate surface area is 201 Å². The number of carbonyl (C=O) groups is 1. The average Bonchev–Trinajstić information content (AvgIpc) is 3.30. The molecule has 3 heterocycles. The van der Waals surface area contributed by atoms with Crippen molar-refractivity contribution < 1.29 is 9.90 Å². The van der Waals surface area contributed by atoms with Crippen molar-refractivity contribution in [1.82, 2.24) is 24.3 Å².